The van der Waals surface area contributed by atoms with E-state index in [0.717, 1.165) is 25.0 Å². The number of aryl methyl sites for hydroxylation is 1. The molecule has 0 aliphatic heterocycles. The molecule has 1 unspecified atom stereocenters. The number of benzene rings is 2. The highest BCUT2D eigenvalue weighted by atomic mass is 35.5. The van der Waals surface area contributed by atoms with Crippen molar-refractivity contribution in [1.29, 1.82) is 0 Å². The summed E-state index contributed by atoms with van der Waals surface area (Å²) in [6, 6.07) is 17.5. The maximum Gasteiger partial charge on any atom is 0.119 e. The topological polar surface area (TPSA) is 29.5 Å². The van der Waals surface area contributed by atoms with Crippen molar-refractivity contribution in [3.05, 3.63) is 65.2 Å². The first-order valence-electron chi connectivity index (χ1n) is 6.84. The zero-order valence-corrected chi connectivity index (χ0v) is 12.1. The Hall–Kier alpha value is -1.51. The third-order valence-electron chi connectivity index (χ3n) is 3.10. The van der Waals surface area contributed by atoms with Crippen molar-refractivity contribution in [3.63, 3.8) is 0 Å². The molecule has 2 aromatic carbocycles. The molecule has 0 aliphatic rings. The third-order valence-corrected chi connectivity index (χ3v) is 3.35. The van der Waals surface area contributed by atoms with Gasteiger partial charge in [-0.25, -0.2) is 0 Å². The van der Waals surface area contributed by atoms with Crippen LogP contribution in [0.1, 0.15) is 18.4 Å². The normalized spacial score (nSPS) is 12.1. The summed E-state index contributed by atoms with van der Waals surface area (Å²) in [5.74, 6) is 0.733. The van der Waals surface area contributed by atoms with Crippen molar-refractivity contribution in [1.82, 2.24) is 0 Å². The van der Waals surface area contributed by atoms with Gasteiger partial charge < -0.3 is 9.84 Å². The molecule has 0 aromatic heterocycles. The molecule has 0 aliphatic carbocycles. The van der Waals surface area contributed by atoms with Crippen molar-refractivity contribution < 1.29 is 9.84 Å². The lowest BCUT2D eigenvalue weighted by molar-refractivity contribution is 0.0982. The van der Waals surface area contributed by atoms with Crippen LogP contribution in [0.15, 0.2) is 54.6 Å². The van der Waals surface area contributed by atoms with Gasteiger partial charge in [0.05, 0.1) is 6.10 Å². The van der Waals surface area contributed by atoms with E-state index in [-0.39, 0.29) is 0 Å². The molecule has 0 saturated heterocycles. The van der Waals surface area contributed by atoms with Crippen molar-refractivity contribution in [3.8, 4) is 5.75 Å². The Bertz CT molecular complexity index is 496. The van der Waals surface area contributed by atoms with Crippen molar-refractivity contribution in [2.24, 2.45) is 0 Å². The molecule has 0 saturated carbocycles. The van der Waals surface area contributed by atoms with Gasteiger partial charge in [-0.3, -0.25) is 0 Å². The Morgan fingerprint density at radius 2 is 1.70 bits per heavy atom. The van der Waals surface area contributed by atoms with Gasteiger partial charge in [-0.15, -0.1) is 0 Å². The molecule has 0 radical (unpaired) electrons. The van der Waals surface area contributed by atoms with Crippen LogP contribution in [0.25, 0.3) is 0 Å². The molecule has 0 amide bonds. The van der Waals surface area contributed by atoms with Crippen LogP contribution < -0.4 is 4.74 Å². The van der Waals surface area contributed by atoms with E-state index in [1.165, 1.54) is 5.56 Å². The maximum absolute atomic E-state index is 9.89. The van der Waals surface area contributed by atoms with Crippen LogP contribution in [0, 0.1) is 0 Å². The standard InChI is InChI=1S/C17H19ClO2/c18-15-9-11-17(12-10-15)20-13-16(19)8-4-7-14-5-2-1-3-6-14/h1-3,5-6,9-12,16,19H,4,7-8,13H2. The van der Waals surface area contributed by atoms with Gasteiger partial charge in [0.2, 0.25) is 0 Å². The van der Waals surface area contributed by atoms with Crippen LogP contribution >= 0.6 is 11.6 Å². The average Bonchev–Trinajstić information content (AvgIpc) is 2.48. The average molecular weight is 291 g/mol. The first kappa shape index (κ1) is 14.9. The Balaban J connectivity index is 1.65. The summed E-state index contributed by atoms with van der Waals surface area (Å²) in [4.78, 5) is 0. The SMILES string of the molecule is OC(CCCc1ccccc1)COc1ccc(Cl)cc1. The van der Waals surface area contributed by atoms with Gasteiger partial charge in [0.1, 0.15) is 12.4 Å². The highest BCUT2D eigenvalue weighted by molar-refractivity contribution is 6.30. The number of aliphatic hydroxyl groups excluding tert-OH is 1. The molecule has 1 N–H and O–H groups in total. The van der Waals surface area contributed by atoms with Gasteiger partial charge in [0, 0.05) is 5.02 Å². The number of hydrogen-bond donors (Lipinski definition) is 1. The lowest BCUT2D eigenvalue weighted by Crippen LogP contribution is -2.17. The van der Waals surface area contributed by atoms with Crippen LogP contribution in [0.5, 0.6) is 5.75 Å². The van der Waals surface area contributed by atoms with E-state index in [1.54, 1.807) is 24.3 Å². The molecular weight excluding hydrogens is 272 g/mol. The summed E-state index contributed by atoms with van der Waals surface area (Å²) in [7, 11) is 0. The van der Waals surface area contributed by atoms with Crippen LogP contribution in [0.2, 0.25) is 5.02 Å². The highest BCUT2D eigenvalue weighted by Crippen LogP contribution is 2.16. The summed E-state index contributed by atoms with van der Waals surface area (Å²) in [6.07, 6.45) is 2.24. The monoisotopic (exact) mass is 290 g/mol. The van der Waals surface area contributed by atoms with Gasteiger partial charge in [0.15, 0.2) is 0 Å². The smallest absolute Gasteiger partial charge is 0.119 e. The molecule has 20 heavy (non-hydrogen) atoms. The summed E-state index contributed by atoms with van der Waals surface area (Å²) >= 11 is 5.80. The van der Waals surface area contributed by atoms with Crippen LogP contribution in [0.4, 0.5) is 0 Å². The van der Waals surface area contributed by atoms with Crippen molar-refractivity contribution in [2.75, 3.05) is 6.61 Å². The Labute approximate surface area is 125 Å². The molecular formula is C17H19ClO2. The van der Waals surface area contributed by atoms with Gasteiger partial charge in [0.25, 0.3) is 0 Å². The Kier molecular flexibility index (Phi) is 5.90. The van der Waals surface area contributed by atoms with E-state index in [1.807, 2.05) is 18.2 Å². The quantitative estimate of drug-likeness (QED) is 0.832. The number of halogens is 1. The lowest BCUT2D eigenvalue weighted by atomic mass is 10.1. The minimum Gasteiger partial charge on any atom is -0.491 e. The Morgan fingerprint density at radius 3 is 2.40 bits per heavy atom. The zero-order chi connectivity index (χ0) is 14.2. The summed E-state index contributed by atoms with van der Waals surface area (Å²) in [5.41, 5.74) is 1.30. The summed E-state index contributed by atoms with van der Waals surface area (Å²) in [5, 5.41) is 10.6. The molecule has 0 bridgehead atoms. The second-order valence-corrected chi connectivity index (χ2v) is 5.23. The van der Waals surface area contributed by atoms with Gasteiger partial charge in [-0.1, -0.05) is 41.9 Å². The van der Waals surface area contributed by atoms with Crippen molar-refractivity contribution >= 4 is 11.6 Å². The summed E-state index contributed by atoms with van der Waals surface area (Å²) < 4.78 is 5.52. The predicted molar refractivity (Wildman–Crippen MR) is 82.3 cm³/mol. The van der Waals surface area contributed by atoms with Crippen molar-refractivity contribution in [2.45, 2.75) is 25.4 Å². The van der Waals surface area contributed by atoms with E-state index in [2.05, 4.69) is 12.1 Å². The van der Waals surface area contributed by atoms with E-state index < -0.39 is 6.10 Å². The largest absolute Gasteiger partial charge is 0.491 e. The number of aliphatic hydroxyl groups is 1. The van der Waals surface area contributed by atoms with Gasteiger partial charge >= 0.3 is 0 Å². The molecule has 0 heterocycles. The molecule has 2 aromatic rings. The Morgan fingerprint density at radius 1 is 1.00 bits per heavy atom. The minimum absolute atomic E-state index is 0.316. The van der Waals surface area contributed by atoms with Gasteiger partial charge in [-0.2, -0.15) is 0 Å². The molecule has 106 valence electrons. The molecule has 2 nitrogen and oxygen atoms in total. The fraction of sp³-hybridized carbons (Fsp3) is 0.294. The number of rotatable bonds is 7. The molecule has 0 spiro atoms. The minimum atomic E-state index is -0.436. The van der Waals surface area contributed by atoms with Crippen LogP contribution in [0.3, 0.4) is 0 Å². The maximum atomic E-state index is 9.89. The summed E-state index contributed by atoms with van der Waals surface area (Å²) in [6.45, 7) is 0.316. The second-order valence-electron chi connectivity index (χ2n) is 4.80. The van der Waals surface area contributed by atoms with Crippen LogP contribution in [-0.4, -0.2) is 17.8 Å². The molecule has 1 atom stereocenters. The van der Waals surface area contributed by atoms with Crippen LogP contribution in [-0.2, 0) is 6.42 Å². The van der Waals surface area contributed by atoms with E-state index in [4.69, 9.17) is 16.3 Å². The third kappa shape index (κ3) is 5.24. The fourth-order valence-electron chi connectivity index (χ4n) is 1.99. The molecule has 3 heteroatoms. The number of hydrogen-bond acceptors (Lipinski definition) is 2. The highest BCUT2D eigenvalue weighted by Gasteiger charge is 2.05. The number of ether oxygens (including phenoxy) is 1. The fourth-order valence-corrected chi connectivity index (χ4v) is 2.12. The first-order chi connectivity index (χ1) is 9.74. The predicted octanol–water partition coefficient (Wildman–Crippen LogP) is 4.10. The molecule has 0 fully saturated rings. The van der Waals surface area contributed by atoms with E-state index >= 15 is 0 Å². The first-order valence-corrected chi connectivity index (χ1v) is 7.22. The van der Waals surface area contributed by atoms with Gasteiger partial charge in [-0.05, 0) is 49.1 Å². The lowest BCUT2D eigenvalue weighted by Gasteiger charge is -2.12. The zero-order valence-electron chi connectivity index (χ0n) is 11.3. The van der Waals surface area contributed by atoms with E-state index in [9.17, 15) is 5.11 Å². The van der Waals surface area contributed by atoms with E-state index in [0.29, 0.717) is 11.6 Å². The second kappa shape index (κ2) is 7.93. The molecule has 2 rings (SSSR count).